The predicted octanol–water partition coefficient (Wildman–Crippen LogP) is 5.23. The first-order valence-electron chi connectivity index (χ1n) is 14.6. The number of thioether (sulfide) groups is 1. The minimum absolute atomic E-state index is 0.0224. The third-order valence-electron chi connectivity index (χ3n) is 7.88. The topological polar surface area (TPSA) is 90.9 Å². The SMILES string of the molecule is CC(C)(C)NC(=O)[C@H]1C[C@H]2CCCC[C@@H]2CN1C[C@@H](O)[C@H](CSc1ccccc1)NC(=O)OCc1ccccc1. The molecule has 3 N–H and O–H groups in total. The Balaban J connectivity index is 1.45. The lowest BCUT2D eigenvalue weighted by Gasteiger charge is -2.47. The highest BCUT2D eigenvalue weighted by Crippen LogP contribution is 2.39. The van der Waals surface area contributed by atoms with Crippen molar-refractivity contribution in [3.05, 3.63) is 66.2 Å². The van der Waals surface area contributed by atoms with Crippen molar-refractivity contribution in [1.82, 2.24) is 15.5 Å². The van der Waals surface area contributed by atoms with E-state index in [0.29, 0.717) is 24.1 Å². The number of β-amino-alcohol motifs (C(OH)–C–C–N with tert-alkyl or cyclic N) is 1. The summed E-state index contributed by atoms with van der Waals surface area (Å²) < 4.78 is 5.49. The first-order chi connectivity index (χ1) is 19.2. The van der Waals surface area contributed by atoms with Crippen LogP contribution in [-0.2, 0) is 16.1 Å². The largest absolute Gasteiger partial charge is 0.445 e. The van der Waals surface area contributed by atoms with Gasteiger partial charge in [-0.2, -0.15) is 0 Å². The van der Waals surface area contributed by atoms with E-state index in [2.05, 4.69) is 15.5 Å². The summed E-state index contributed by atoms with van der Waals surface area (Å²) in [5.74, 6) is 1.59. The van der Waals surface area contributed by atoms with Crippen LogP contribution in [0.3, 0.4) is 0 Å². The van der Waals surface area contributed by atoms with Gasteiger partial charge in [0.1, 0.15) is 6.61 Å². The van der Waals surface area contributed by atoms with Gasteiger partial charge in [-0.25, -0.2) is 4.79 Å². The van der Waals surface area contributed by atoms with Crippen LogP contribution in [-0.4, -0.2) is 64.6 Å². The van der Waals surface area contributed by atoms with Crippen molar-refractivity contribution in [2.24, 2.45) is 11.8 Å². The molecule has 2 aromatic carbocycles. The summed E-state index contributed by atoms with van der Waals surface area (Å²) in [5, 5.41) is 17.6. The summed E-state index contributed by atoms with van der Waals surface area (Å²) in [6.45, 7) is 7.26. The Morgan fingerprint density at radius 2 is 1.68 bits per heavy atom. The molecule has 1 aliphatic carbocycles. The van der Waals surface area contributed by atoms with Gasteiger partial charge in [-0.1, -0.05) is 67.8 Å². The molecule has 2 aliphatic rings. The third-order valence-corrected chi connectivity index (χ3v) is 9.01. The number of fused-ring (bicyclic) bond motifs is 1. The van der Waals surface area contributed by atoms with E-state index in [1.807, 2.05) is 81.4 Å². The van der Waals surface area contributed by atoms with Crippen LogP contribution in [0.2, 0.25) is 0 Å². The summed E-state index contributed by atoms with van der Waals surface area (Å²) in [4.78, 5) is 29.5. The maximum Gasteiger partial charge on any atom is 0.407 e. The van der Waals surface area contributed by atoms with E-state index in [4.69, 9.17) is 4.74 Å². The summed E-state index contributed by atoms with van der Waals surface area (Å²) in [7, 11) is 0. The number of likely N-dealkylation sites (tertiary alicyclic amines) is 1. The molecule has 4 rings (SSSR count). The van der Waals surface area contributed by atoms with Gasteiger partial charge in [-0.15, -0.1) is 11.8 Å². The molecule has 0 bridgehead atoms. The number of aliphatic hydroxyl groups is 1. The number of benzene rings is 2. The number of nitrogens with zero attached hydrogens (tertiary/aromatic N) is 1. The van der Waals surface area contributed by atoms with Crippen LogP contribution in [0.5, 0.6) is 0 Å². The van der Waals surface area contributed by atoms with E-state index in [-0.39, 0.29) is 24.1 Å². The molecule has 1 heterocycles. The summed E-state index contributed by atoms with van der Waals surface area (Å²) in [5.41, 5.74) is 0.570. The van der Waals surface area contributed by atoms with Crippen molar-refractivity contribution in [1.29, 1.82) is 0 Å². The quantitative estimate of drug-likeness (QED) is 0.341. The molecular formula is C32H45N3O4S. The number of aliphatic hydroxyl groups excluding tert-OH is 1. The van der Waals surface area contributed by atoms with E-state index in [1.165, 1.54) is 25.7 Å². The standard InChI is InChI=1S/C32H45N3O4S/c1-32(2,3)34-30(37)28-18-24-14-10-11-15-25(24)19-35(28)20-29(36)27(22-40-26-16-8-5-9-17-26)33-31(38)39-21-23-12-6-4-7-13-23/h4-9,12-13,16-17,24-25,27-29,36H,10-11,14-15,18-22H2,1-3H3,(H,33,38)(H,34,37)/t24-,25-,27+,28-,29-/m1/s1. The second kappa shape index (κ2) is 14.4. The molecule has 218 valence electrons. The lowest BCUT2D eigenvalue weighted by molar-refractivity contribution is -0.132. The fourth-order valence-corrected chi connectivity index (χ4v) is 6.89. The molecular weight excluding hydrogens is 522 g/mol. The van der Waals surface area contributed by atoms with Gasteiger partial charge in [-0.05, 0) is 63.1 Å². The second-order valence-electron chi connectivity index (χ2n) is 12.3. The maximum atomic E-state index is 13.4. The number of rotatable bonds is 10. The van der Waals surface area contributed by atoms with Gasteiger partial charge < -0.3 is 20.5 Å². The van der Waals surface area contributed by atoms with Gasteiger partial charge in [0.2, 0.25) is 5.91 Å². The number of alkyl carbamates (subject to hydrolysis) is 1. The fraction of sp³-hybridized carbons (Fsp3) is 0.562. The van der Waals surface area contributed by atoms with Gasteiger partial charge in [0.05, 0.1) is 18.2 Å². The van der Waals surface area contributed by atoms with Crippen molar-refractivity contribution in [2.45, 2.75) is 88.1 Å². The minimum Gasteiger partial charge on any atom is -0.445 e. The summed E-state index contributed by atoms with van der Waals surface area (Å²) >= 11 is 1.58. The van der Waals surface area contributed by atoms with Crippen LogP contribution >= 0.6 is 11.8 Å². The number of ether oxygens (including phenoxy) is 1. The maximum absolute atomic E-state index is 13.4. The number of hydrogen-bond acceptors (Lipinski definition) is 6. The minimum atomic E-state index is -0.870. The molecule has 0 aromatic heterocycles. The first-order valence-corrected chi connectivity index (χ1v) is 15.6. The van der Waals surface area contributed by atoms with Gasteiger partial charge >= 0.3 is 6.09 Å². The Bertz CT molecular complexity index is 1080. The Morgan fingerprint density at radius 1 is 1.02 bits per heavy atom. The summed E-state index contributed by atoms with van der Waals surface area (Å²) in [6.07, 6.45) is 4.18. The van der Waals surface area contributed by atoms with Crippen LogP contribution < -0.4 is 10.6 Å². The molecule has 2 fully saturated rings. The molecule has 1 aliphatic heterocycles. The van der Waals surface area contributed by atoms with Crippen LogP contribution in [0.15, 0.2) is 65.6 Å². The van der Waals surface area contributed by atoms with Crippen LogP contribution in [0.25, 0.3) is 0 Å². The average Bonchev–Trinajstić information content (AvgIpc) is 2.94. The molecule has 5 atom stereocenters. The van der Waals surface area contributed by atoms with Gasteiger partial charge in [0.25, 0.3) is 0 Å². The molecule has 7 nitrogen and oxygen atoms in total. The Morgan fingerprint density at radius 3 is 2.35 bits per heavy atom. The van der Waals surface area contributed by atoms with E-state index in [1.54, 1.807) is 11.8 Å². The third kappa shape index (κ3) is 9.25. The zero-order valence-electron chi connectivity index (χ0n) is 24.1. The molecule has 8 heteroatoms. The zero-order valence-corrected chi connectivity index (χ0v) is 24.9. The average molecular weight is 568 g/mol. The normalized spacial score (nSPS) is 22.9. The molecule has 1 saturated heterocycles. The first kappa shape index (κ1) is 30.4. The predicted molar refractivity (Wildman–Crippen MR) is 160 cm³/mol. The van der Waals surface area contributed by atoms with E-state index >= 15 is 0 Å². The van der Waals surface area contributed by atoms with Crippen LogP contribution in [0.1, 0.15) is 58.4 Å². The fourth-order valence-electron chi connectivity index (χ4n) is 5.86. The Labute approximate surface area is 243 Å². The number of carbonyl (C=O) groups excluding carboxylic acids is 2. The lowest BCUT2D eigenvalue weighted by Crippen LogP contribution is -2.60. The molecule has 2 amide bonds. The van der Waals surface area contributed by atoms with Crippen molar-refractivity contribution in [3.8, 4) is 0 Å². The van der Waals surface area contributed by atoms with Crippen molar-refractivity contribution in [2.75, 3.05) is 18.8 Å². The highest BCUT2D eigenvalue weighted by Gasteiger charge is 2.41. The van der Waals surface area contributed by atoms with E-state index < -0.39 is 18.2 Å². The Kier molecular flexibility index (Phi) is 10.9. The van der Waals surface area contributed by atoms with Crippen molar-refractivity contribution >= 4 is 23.8 Å². The highest BCUT2D eigenvalue weighted by atomic mass is 32.2. The van der Waals surface area contributed by atoms with Crippen molar-refractivity contribution < 1.29 is 19.4 Å². The molecule has 2 aromatic rings. The summed E-state index contributed by atoms with van der Waals surface area (Å²) in [6, 6.07) is 18.6. The number of piperidine rings is 1. The monoisotopic (exact) mass is 567 g/mol. The van der Waals surface area contributed by atoms with Gasteiger partial charge in [-0.3, -0.25) is 9.69 Å². The zero-order chi connectivity index (χ0) is 28.5. The highest BCUT2D eigenvalue weighted by molar-refractivity contribution is 7.99. The smallest absolute Gasteiger partial charge is 0.407 e. The number of nitrogens with one attached hydrogen (secondary N) is 2. The second-order valence-corrected chi connectivity index (χ2v) is 13.3. The van der Waals surface area contributed by atoms with Gasteiger partial charge in [0, 0.05) is 29.3 Å². The number of hydrogen-bond donors (Lipinski definition) is 3. The van der Waals surface area contributed by atoms with E-state index in [9.17, 15) is 14.7 Å². The molecule has 1 saturated carbocycles. The molecule has 0 unspecified atom stereocenters. The van der Waals surface area contributed by atoms with Crippen LogP contribution in [0, 0.1) is 11.8 Å². The Hall–Kier alpha value is -2.55. The molecule has 0 spiro atoms. The molecule has 0 radical (unpaired) electrons. The lowest BCUT2D eigenvalue weighted by atomic mass is 9.72. The van der Waals surface area contributed by atoms with Crippen molar-refractivity contribution in [3.63, 3.8) is 0 Å². The number of amides is 2. The molecule has 40 heavy (non-hydrogen) atoms. The number of carbonyl (C=O) groups is 2. The van der Waals surface area contributed by atoms with Crippen LogP contribution in [0.4, 0.5) is 4.79 Å². The van der Waals surface area contributed by atoms with E-state index in [0.717, 1.165) is 23.4 Å². The van der Waals surface area contributed by atoms with Gasteiger partial charge in [0.15, 0.2) is 0 Å².